The van der Waals surface area contributed by atoms with Gasteiger partial charge in [-0.3, -0.25) is 14.4 Å². The summed E-state index contributed by atoms with van der Waals surface area (Å²) in [5.41, 5.74) is 3.26. The highest BCUT2D eigenvalue weighted by Crippen LogP contribution is 2.33. The predicted molar refractivity (Wildman–Crippen MR) is 109 cm³/mol. The number of carbonyl (C=O) groups excluding carboxylic acids is 1. The maximum Gasteiger partial charge on any atom is 0.237 e. The molecule has 0 bridgehead atoms. The number of likely N-dealkylation sites (tertiary alicyclic amines) is 1. The van der Waals surface area contributed by atoms with Gasteiger partial charge in [-0.2, -0.15) is 5.10 Å². The lowest BCUT2D eigenvalue weighted by atomic mass is 10.0. The quantitative estimate of drug-likeness (QED) is 0.770. The maximum absolute atomic E-state index is 13.0. The first kappa shape index (κ1) is 18.8. The van der Waals surface area contributed by atoms with Gasteiger partial charge in [-0.1, -0.05) is 12.8 Å². The van der Waals surface area contributed by atoms with Gasteiger partial charge in [0.2, 0.25) is 5.91 Å². The third-order valence-electron chi connectivity index (χ3n) is 6.63. The van der Waals surface area contributed by atoms with Crippen molar-refractivity contribution in [2.24, 2.45) is 13.0 Å². The Morgan fingerprint density at radius 2 is 1.93 bits per heavy atom. The molecule has 29 heavy (non-hydrogen) atoms. The van der Waals surface area contributed by atoms with Crippen LogP contribution in [0.3, 0.4) is 0 Å². The Labute approximate surface area is 171 Å². The number of aromatic nitrogens is 5. The zero-order chi connectivity index (χ0) is 19.8. The van der Waals surface area contributed by atoms with E-state index < -0.39 is 0 Å². The molecule has 0 aromatic carbocycles. The second kappa shape index (κ2) is 7.89. The number of hydrogen-bond donors (Lipinski definition) is 0. The lowest BCUT2D eigenvalue weighted by Crippen LogP contribution is -2.43. The summed E-state index contributed by atoms with van der Waals surface area (Å²) in [6.07, 6.45) is 10.2. The van der Waals surface area contributed by atoms with Crippen LogP contribution in [0.2, 0.25) is 0 Å². The number of aryl methyl sites for hydroxylation is 1. The van der Waals surface area contributed by atoms with Crippen molar-refractivity contribution in [1.82, 2.24) is 34.3 Å². The van der Waals surface area contributed by atoms with Crippen LogP contribution >= 0.6 is 0 Å². The molecule has 1 amide bonds. The van der Waals surface area contributed by atoms with Crippen LogP contribution in [-0.2, 0) is 31.4 Å². The maximum atomic E-state index is 13.0. The smallest absolute Gasteiger partial charge is 0.237 e. The van der Waals surface area contributed by atoms with Crippen molar-refractivity contribution in [3.63, 3.8) is 0 Å². The van der Waals surface area contributed by atoms with Crippen molar-refractivity contribution >= 4 is 5.91 Å². The zero-order valence-electron chi connectivity index (χ0n) is 17.4. The molecule has 0 radical (unpaired) electrons. The normalized spacial score (nSPS) is 20.5. The molecular weight excluding hydrogens is 366 g/mol. The average Bonchev–Trinajstić information content (AvgIpc) is 3.40. The summed E-state index contributed by atoms with van der Waals surface area (Å²) in [7, 11) is 2.00. The molecule has 5 rings (SSSR count). The molecule has 2 fully saturated rings. The first-order chi connectivity index (χ1) is 14.2. The molecule has 156 valence electrons. The van der Waals surface area contributed by atoms with Gasteiger partial charge in [0.25, 0.3) is 0 Å². The van der Waals surface area contributed by atoms with Crippen molar-refractivity contribution in [2.45, 2.75) is 58.0 Å². The van der Waals surface area contributed by atoms with E-state index in [2.05, 4.69) is 19.7 Å². The Morgan fingerprint density at radius 3 is 2.69 bits per heavy atom. The average molecular weight is 398 g/mol. The number of rotatable bonds is 5. The molecule has 2 aliphatic heterocycles. The molecule has 1 saturated heterocycles. The van der Waals surface area contributed by atoms with Crippen LogP contribution < -0.4 is 0 Å². The fourth-order valence-corrected chi connectivity index (χ4v) is 4.72. The van der Waals surface area contributed by atoms with E-state index in [1.165, 1.54) is 44.2 Å². The second-order valence-corrected chi connectivity index (χ2v) is 8.90. The first-order valence-electron chi connectivity index (χ1n) is 11.1. The second-order valence-electron chi connectivity index (χ2n) is 8.90. The van der Waals surface area contributed by atoms with Crippen molar-refractivity contribution in [3.05, 3.63) is 17.6 Å². The Hall–Kier alpha value is -2.22. The zero-order valence-corrected chi connectivity index (χ0v) is 17.4. The van der Waals surface area contributed by atoms with Gasteiger partial charge >= 0.3 is 0 Å². The fourth-order valence-electron chi connectivity index (χ4n) is 4.72. The minimum Gasteiger partial charge on any atom is -0.337 e. The van der Waals surface area contributed by atoms with Crippen LogP contribution in [0, 0.1) is 5.92 Å². The Bertz CT molecular complexity index is 874. The van der Waals surface area contributed by atoms with E-state index in [4.69, 9.17) is 5.10 Å². The van der Waals surface area contributed by atoms with E-state index in [0.717, 1.165) is 55.6 Å². The molecule has 8 nitrogen and oxygen atoms in total. The lowest BCUT2D eigenvalue weighted by Gasteiger charge is -2.30. The summed E-state index contributed by atoms with van der Waals surface area (Å²) in [4.78, 5) is 17.4. The van der Waals surface area contributed by atoms with Gasteiger partial charge in [0.1, 0.15) is 12.0 Å². The predicted octanol–water partition coefficient (Wildman–Crippen LogP) is 1.85. The molecule has 1 saturated carbocycles. The van der Waals surface area contributed by atoms with E-state index in [1.807, 2.05) is 23.0 Å². The summed E-state index contributed by atoms with van der Waals surface area (Å²) < 4.78 is 4.11. The van der Waals surface area contributed by atoms with Gasteiger partial charge in [-0.15, -0.1) is 10.2 Å². The van der Waals surface area contributed by atoms with Gasteiger partial charge in [0, 0.05) is 44.4 Å². The van der Waals surface area contributed by atoms with Gasteiger partial charge < -0.3 is 9.47 Å². The van der Waals surface area contributed by atoms with Crippen LogP contribution in [-0.4, -0.2) is 66.4 Å². The summed E-state index contributed by atoms with van der Waals surface area (Å²) in [6.45, 7) is 5.00. The number of fused-ring (bicyclic) bond motifs is 1. The minimum atomic E-state index is 0.242. The molecule has 0 atom stereocenters. The SMILES string of the molecule is Cn1nc(-c2nncn2CC2CC2)c2c1CCN(C(=O)CN1CCCCCC1)C2. The highest BCUT2D eigenvalue weighted by atomic mass is 16.2. The van der Waals surface area contributed by atoms with Crippen LogP contribution in [0.1, 0.15) is 49.8 Å². The molecule has 4 heterocycles. The van der Waals surface area contributed by atoms with Crippen molar-refractivity contribution in [2.75, 3.05) is 26.2 Å². The fraction of sp³-hybridized carbons (Fsp3) is 0.714. The Kier molecular flexibility index (Phi) is 5.11. The molecule has 2 aromatic heterocycles. The Morgan fingerprint density at radius 1 is 1.14 bits per heavy atom. The van der Waals surface area contributed by atoms with Gasteiger partial charge in [-0.25, -0.2) is 0 Å². The summed E-state index contributed by atoms with van der Waals surface area (Å²) in [6, 6.07) is 0. The van der Waals surface area contributed by atoms with E-state index >= 15 is 0 Å². The summed E-state index contributed by atoms with van der Waals surface area (Å²) in [5.74, 6) is 1.83. The lowest BCUT2D eigenvalue weighted by molar-refractivity contribution is -0.133. The van der Waals surface area contributed by atoms with Crippen LogP contribution in [0.25, 0.3) is 11.5 Å². The molecule has 3 aliphatic rings. The highest BCUT2D eigenvalue weighted by Gasteiger charge is 2.30. The number of amides is 1. The van der Waals surface area contributed by atoms with E-state index in [1.54, 1.807) is 0 Å². The third-order valence-corrected chi connectivity index (χ3v) is 6.63. The molecule has 0 N–H and O–H groups in total. The highest BCUT2D eigenvalue weighted by molar-refractivity contribution is 5.79. The standard InChI is InChI=1S/C21H31N7O/c1-25-18-8-11-27(19(29)14-26-9-4-2-3-5-10-26)13-17(18)20(24-25)21-23-22-15-28(21)12-16-6-7-16/h15-16H,2-14H2,1H3. The molecular formula is C21H31N7O. The summed E-state index contributed by atoms with van der Waals surface area (Å²) >= 11 is 0. The van der Waals surface area contributed by atoms with Crippen LogP contribution in [0.5, 0.6) is 0 Å². The molecule has 0 unspecified atom stereocenters. The van der Waals surface area contributed by atoms with Crippen molar-refractivity contribution < 1.29 is 4.79 Å². The largest absolute Gasteiger partial charge is 0.337 e. The number of nitrogens with zero attached hydrogens (tertiary/aromatic N) is 7. The minimum absolute atomic E-state index is 0.242. The van der Waals surface area contributed by atoms with Crippen molar-refractivity contribution in [3.8, 4) is 11.5 Å². The topological polar surface area (TPSA) is 72.1 Å². The number of hydrogen-bond acceptors (Lipinski definition) is 5. The van der Waals surface area contributed by atoms with Crippen molar-refractivity contribution in [1.29, 1.82) is 0 Å². The molecule has 2 aromatic rings. The van der Waals surface area contributed by atoms with Crippen LogP contribution in [0.4, 0.5) is 0 Å². The van der Waals surface area contributed by atoms with E-state index in [9.17, 15) is 4.79 Å². The molecule has 1 aliphatic carbocycles. The molecule has 0 spiro atoms. The van der Waals surface area contributed by atoms with Gasteiger partial charge in [0.15, 0.2) is 5.82 Å². The third kappa shape index (κ3) is 3.95. The van der Waals surface area contributed by atoms with Gasteiger partial charge in [-0.05, 0) is 44.7 Å². The first-order valence-corrected chi connectivity index (χ1v) is 11.1. The van der Waals surface area contributed by atoms with Crippen LogP contribution in [0.15, 0.2) is 6.33 Å². The summed E-state index contributed by atoms with van der Waals surface area (Å²) in [5, 5.41) is 13.3. The molecule has 8 heteroatoms. The monoisotopic (exact) mass is 397 g/mol. The van der Waals surface area contributed by atoms with E-state index in [-0.39, 0.29) is 5.91 Å². The van der Waals surface area contributed by atoms with E-state index in [0.29, 0.717) is 13.1 Å². The number of carbonyl (C=O) groups is 1. The van der Waals surface area contributed by atoms with Gasteiger partial charge in [0.05, 0.1) is 6.54 Å². The Balaban J connectivity index is 1.34.